The summed E-state index contributed by atoms with van der Waals surface area (Å²) in [5.74, 6) is -3.29. The highest BCUT2D eigenvalue weighted by molar-refractivity contribution is 5.67. The molecule has 0 amide bonds. The van der Waals surface area contributed by atoms with Crippen LogP contribution in [0.25, 0.3) is 0 Å². The van der Waals surface area contributed by atoms with Crippen LogP contribution in [0.15, 0.2) is 24.3 Å². The highest BCUT2D eigenvalue weighted by Crippen LogP contribution is 2.32. The van der Waals surface area contributed by atoms with Crippen molar-refractivity contribution >= 4 is 11.7 Å². The van der Waals surface area contributed by atoms with Crippen molar-refractivity contribution in [1.29, 1.82) is 0 Å². The fraction of sp³-hybridized carbons (Fsp3) is 0.462. The number of hydrogen-bond acceptors (Lipinski definition) is 2. The molecule has 1 N–H and O–H groups in total. The molecule has 106 valence electrons. The lowest BCUT2D eigenvalue weighted by Crippen LogP contribution is -2.27. The maximum absolute atomic E-state index is 12.7. The van der Waals surface area contributed by atoms with Crippen molar-refractivity contribution in [3.05, 3.63) is 29.8 Å². The minimum atomic E-state index is -4.50. The van der Waals surface area contributed by atoms with Crippen molar-refractivity contribution in [2.75, 3.05) is 19.0 Å². The Labute approximate surface area is 109 Å². The van der Waals surface area contributed by atoms with Gasteiger partial charge in [-0.05, 0) is 24.1 Å². The molecule has 1 unspecified atom stereocenters. The average Bonchev–Trinajstić information content (AvgIpc) is 2.27. The van der Waals surface area contributed by atoms with Crippen LogP contribution in [0.1, 0.15) is 12.0 Å². The van der Waals surface area contributed by atoms with Gasteiger partial charge in [0.1, 0.15) is 0 Å². The second kappa shape index (κ2) is 5.95. The Balaban J connectivity index is 2.81. The van der Waals surface area contributed by atoms with Crippen LogP contribution >= 0.6 is 0 Å². The third-order valence-corrected chi connectivity index (χ3v) is 2.82. The summed E-state index contributed by atoms with van der Waals surface area (Å²) in [7, 11) is 3.66. The fourth-order valence-electron chi connectivity index (χ4n) is 1.73. The average molecular weight is 275 g/mol. The molecular weight excluding hydrogens is 259 g/mol. The molecule has 0 bridgehead atoms. The van der Waals surface area contributed by atoms with Crippen molar-refractivity contribution in [3.63, 3.8) is 0 Å². The van der Waals surface area contributed by atoms with E-state index in [-0.39, 0.29) is 6.42 Å². The first-order chi connectivity index (χ1) is 8.70. The molecule has 0 aliphatic rings. The molecule has 1 rings (SSSR count). The summed E-state index contributed by atoms with van der Waals surface area (Å²) in [6.45, 7) is 0. The normalized spacial score (nSPS) is 13.1. The number of benzene rings is 1. The van der Waals surface area contributed by atoms with Crippen LogP contribution < -0.4 is 4.90 Å². The SMILES string of the molecule is CN(C)c1ccc(CC(CC(=O)O)C(F)(F)F)cc1. The van der Waals surface area contributed by atoms with Gasteiger partial charge in [0.2, 0.25) is 0 Å². The van der Waals surface area contributed by atoms with E-state index < -0.39 is 24.5 Å². The van der Waals surface area contributed by atoms with E-state index in [0.717, 1.165) is 5.69 Å². The number of nitrogens with zero attached hydrogens (tertiary/aromatic N) is 1. The zero-order valence-corrected chi connectivity index (χ0v) is 10.7. The van der Waals surface area contributed by atoms with Gasteiger partial charge < -0.3 is 10.0 Å². The van der Waals surface area contributed by atoms with Crippen LogP contribution in [0.2, 0.25) is 0 Å². The van der Waals surface area contributed by atoms with E-state index in [9.17, 15) is 18.0 Å². The standard InChI is InChI=1S/C13H16F3NO2/c1-17(2)11-5-3-9(4-6-11)7-10(8-12(18)19)13(14,15)16/h3-6,10H,7-8H2,1-2H3,(H,18,19). The van der Waals surface area contributed by atoms with Gasteiger partial charge in [-0.1, -0.05) is 12.1 Å². The number of carboxylic acids is 1. The van der Waals surface area contributed by atoms with Gasteiger partial charge in [-0.3, -0.25) is 4.79 Å². The van der Waals surface area contributed by atoms with Crippen LogP contribution in [0.3, 0.4) is 0 Å². The Hall–Kier alpha value is -1.72. The first-order valence-electron chi connectivity index (χ1n) is 5.75. The lowest BCUT2D eigenvalue weighted by molar-refractivity contribution is -0.182. The van der Waals surface area contributed by atoms with E-state index in [1.807, 2.05) is 19.0 Å². The number of rotatable bonds is 5. The van der Waals surface area contributed by atoms with Crippen LogP contribution in [-0.2, 0) is 11.2 Å². The molecule has 0 radical (unpaired) electrons. The molecule has 1 atom stereocenters. The highest BCUT2D eigenvalue weighted by atomic mass is 19.4. The van der Waals surface area contributed by atoms with E-state index in [0.29, 0.717) is 5.56 Å². The predicted octanol–water partition coefficient (Wildman–Crippen LogP) is 2.95. The van der Waals surface area contributed by atoms with Crippen LogP contribution in [0.4, 0.5) is 18.9 Å². The van der Waals surface area contributed by atoms with Crippen LogP contribution in [0.5, 0.6) is 0 Å². The number of hydrogen-bond donors (Lipinski definition) is 1. The lowest BCUT2D eigenvalue weighted by Gasteiger charge is -2.19. The van der Waals surface area contributed by atoms with Gasteiger partial charge in [0.15, 0.2) is 0 Å². The Kier molecular flexibility index (Phi) is 4.80. The van der Waals surface area contributed by atoms with Crippen molar-refractivity contribution in [1.82, 2.24) is 0 Å². The third-order valence-electron chi connectivity index (χ3n) is 2.82. The smallest absolute Gasteiger partial charge is 0.392 e. The summed E-state index contributed by atoms with van der Waals surface area (Å²) in [4.78, 5) is 12.3. The summed E-state index contributed by atoms with van der Waals surface area (Å²) < 4.78 is 38.1. The van der Waals surface area contributed by atoms with Crippen molar-refractivity contribution < 1.29 is 23.1 Å². The zero-order valence-electron chi connectivity index (χ0n) is 10.7. The summed E-state index contributed by atoms with van der Waals surface area (Å²) >= 11 is 0. The summed E-state index contributed by atoms with van der Waals surface area (Å²) in [5, 5.41) is 8.54. The minimum absolute atomic E-state index is 0.316. The molecule has 19 heavy (non-hydrogen) atoms. The molecule has 0 saturated heterocycles. The van der Waals surface area contributed by atoms with E-state index in [2.05, 4.69) is 0 Å². The number of anilines is 1. The number of carboxylic acid groups (broad SMARTS) is 1. The first-order valence-corrected chi connectivity index (χ1v) is 5.75. The van der Waals surface area contributed by atoms with Gasteiger partial charge in [0.25, 0.3) is 0 Å². The van der Waals surface area contributed by atoms with Crippen LogP contribution in [-0.4, -0.2) is 31.3 Å². The summed E-state index contributed by atoms with van der Waals surface area (Å²) in [6.07, 6.45) is -5.72. The Morgan fingerprint density at radius 1 is 1.26 bits per heavy atom. The van der Waals surface area contributed by atoms with Crippen molar-refractivity contribution in [3.8, 4) is 0 Å². The van der Waals surface area contributed by atoms with Gasteiger partial charge >= 0.3 is 12.1 Å². The molecule has 0 aliphatic carbocycles. The maximum atomic E-state index is 12.7. The third kappa shape index (κ3) is 4.81. The second-order valence-corrected chi connectivity index (χ2v) is 4.60. The van der Waals surface area contributed by atoms with Crippen molar-refractivity contribution in [2.45, 2.75) is 19.0 Å². The molecule has 6 heteroatoms. The molecule has 0 spiro atoms. The van der Waals surface area contributed by atoms with Gasteiger partial charge in [-0.2, -0.15) is 13.2 Å². The topological polar surface area (TPSA) is 40.5 Å². The molecule has 1 aromatic carbocycles. The predicted molar refractivity (Wildman–Crippen MR) is 66.3 cm³/mol. The number of aliphatic carboxylic acids is 1. The van der Waals surface area contributed by atoms with E-state index in [1.54, 1.807) is 24.3 Å². The lowest BCUT2D eigenvalue weighted by atomic mass is 9.95. The van der Waals surface area contributed by atoms with Crippen LogP contribution in [0, 0.1) is 5.92 Å². The molecule has 0 aliphatic heterocycles. The molecule has 0 heterocycles. The largest absolute Gasteiger partial charge is 0.481 e. The first kappa shape index (κ1) is 15.3. The molecule has 0 saturated carbocycles. The fourth-order valence-corrected chi connectivity index (χ4v) is 1.73. The second-order valence-electron chi connectivity index (χ2n) is 4.60. The number of halogens is 3. The highest BCUT2D eigenvalue weighted by Gasteiger charge is 2.40. The Morgan fingerprint density at radius 3 is 2.16 bits per heavy atom. The molecule has 3 nitrogen and oxygen atoms in total. The quantitative estimate of drug-likeness (QED) is 0.898. The molecule has 0 fully saturated rings. The molecular formula is C13H16F3NO2. The van der Waals surface area contributed by atoms with Crippen molar-refractivity contribution in [2.24, 2.45) is 5.92 Å². The van der Waals surface area contributed by atoms with E-state index in [1.165, 1.54) is 0 Å². The number of alkyl halides is 3. The van der Waals surface area contributed by atoms with Gasteiger partial charge in [0, 0.05) is 19.8 Å². The van der Waals surface area contributed by atoms with Gasteiger partial charge in [-0.25, -0.2) is 0 Å². The monoisotopic (exact) mass is 275 g/mol. The molecule has 0 aromatic heterocycles. The van der Waals surface area contributed by atoms with E-state index >= 15 is 0 Å². The number of carbonyl (C=O) groups is 1. The Morgan fingerprint density at radius 2 is 1.79 bits per heavy atom. The van der Waals surface area contributed by atoms with E-state index in [4.69, 9.17) is 5.11 Å². The summed E-state index contributed by atoms with van der Waals surface area (Å²) in [6, 6.07) is 6.61. The zero-order chi connectivity index (χ0) is 14.6. The van der Waals surface area contributed by atoms with Gasteiger partial charge in [0.05, 0.1) is 12.3 Å². The Bertz CT molecular complexity index is 427. The maximum Gasteiger partial charge on any atom is 0.392 e. The minimum Gasteiger partial charge on any atom is -0.481 e. The summed E-state index contributed by atoms with van der Waals surface area (Å²) in [5.41, 5.74) is 1.36. The van der Waals surface area contributed by atoms with Gasteiger partial charge in [-0.15, -0.1) is 0 Å². The molecule has 1 aromatic rings.